The lowest BCUT2D eigenvalue weighted by Gasteiger charge is -2.60. The SMILES string of the molecule is CN1CC[C@]23c4c5ccc(O)c4O[C@H]2[C@H](N2CCSc4ccccc42)CC[C@H]3[C@@H]1C5. The van der Waals surface area contributed by atoms with Gasteiger partial charge in [-0.2, -0.15) is 0 Å². The van der Waals surface area contributed by atoms with Crippen LogP contribution in [0.4, 0.5) is 5.69 Å². The minimum Gasteiger partial charge on any atom is -0.504 e. The number of benzene rings is 2. The lowest BCUT2D eigenvalue weighted by atomic mass is 9.51. The van der Waals surface area contributed by atoms with Gasteiger partial charge in [-0.25, -0.2) is 0 Å². The maximum atomic E-state index is 10.8. The predicted octanol–water partition coefficient (Wildman–Crippen LogP) is 4.04. The second kappa shape index (κ2) is 6.10. The summed E-state index contributed by atoms with van der Waals surface area (Å²) in [7, 11) is 2.30. The summed E-state index contributed by atoms with van der Waals surface area (Å²) in [6, 6.07) is 13.9. The summed E-state index contributed by atoms with van der Waals surface area (Å²) in [4.78, 5) is 6.63. The molecule has 2 aromatic rings. The molecule has 3 heterocycles. The molecule has 2 bridgehead atoms. The zero-order valence-corrected chi connectivity index (χ0v) is 18.2. The second-order valence-corrected chi connectivity index (χ2v) is 10.9. The summed E-state index contributed by atoms with van der Waals surface area (Å²) < 4.78 is 6.81. The van der Waals surface area contributed by atoms with Crippen molar-refractivity contribution >= 4 is 17.4 Å². The van der Waals surface area contributed by atoms with Crippen molar-refractivity contribution in [1.29, 1.82) is 0 Å². The number of hydrogen-bond donors (Lipinski definition) is 1. The highest BCUT2D eigenvalue weighted by Gasteiger charge is 2.66. The highest BCUT2D eigenvalue weighted by atomic mass is 32.2. The van der Waals surface area contributed by atoms with Crippen molar-refractivity contribution in [1.82, 2.24) is 4.90 Å². The molecule has 2 fully saturated rings. The first kappa shape index (κ1) is 17.8. The first-order chi connectivity index (χ1) is 14.7. The molecule has 1 N–H and O–H groups in total. The van der Waals surface area contributed by atoms with Crippen LogP contribution >= 0.6 is 11.8 Å². The van der Waals surface area contributed by atoms with Crippen molar-refractivity contribution in [2.45, 2.75) is 54.2 Å². The number of nitrogens with zero attached hydrogens (tertiary/aromatic N) is 2. The van der Waals surface area contributed by atoms with Gasteiger partial charge >= 0.3 is 0 Å². The minimum atomic E-state index is 0.0568. The standard InChI is InChI=1S/C25H28N2O2S/c1-26-11-10-25-16-7-8-18(27-12-13-30-21-5-3-2-4-17(21)27)24(25)29-23-20(28)9-6-15(22(23)25)14-19(16)26/h2-6,9,16,18-19,24,28H,7-8,10-14H2,1H3/t16-,18+,19-,24-,25-/m0/s1. The smallest absolute Gasteiger partial charge is 0.165 e. The van der Waals surface area contributed by atoms with E-state index in [4.69, 9.17) is 4.74 Å². The van der Waals surface area contributed by atoms with E-state index in [-0.39, 0.29) is 11.5 Å². The first-order valence-corrected chi connectivity index (χ1v) is 12.4. The van der Waals surface area contributed by atoms with Crippen LogP contribution in [0.25, 0.3) is 0 Å². The molecule has 1 saturated carbocycles. The molecule has 1 saturated heterocycles. The molecule has 2 aliphatic carbocycles. The molecule has 0 unspecified atom stereocenters. The van der Waals surface area contributed by atoms with Gasteiger partial charge in [0.1, 0.15) is 6.10 Å². The zero-order valence-electron chi connectivity index (χ0n) is 17.4. The molecule has 3 aliphatic heterocycles. The van der Waals surface area contributed by atoms with Gasteiger partial charge in [-0.05, 0) is 69.0 Å². The molecule has 5 atom stereocenters. The second-order valence-electron chi connectivity index (χ2n) is 9.79. The number of aromatic hydroxyl groups is 1. The normalized spacial score (nSPS) is 36.1. The lowest BCUT2D eigenvalue weighted by Crippen LogP contribution is -2.68. The van der Waals surface area contributed by atoms with E-state index < -0.39 is 0 Å². The average molecular weight is 421 g/mol. The van der Waals surface area contributed by atoms with E-state index in [0.717, 1.165) is 37.4 Å². The molecule has 156 valence electrons. The summed E-state index contributed by atoms with van der Waals surface area (Å²) in [5.74, 6) is 2.90. The van der Waals surface area contributed by atoms with Crippen LogP contribution in [0.15, 0.2) is 41.3 Å². The Labute approximate surface area is 182 Å². The molecule has 1 spiro atoms. The summed E-state index contributed by atoms with van der Waals surface area (Å²) in [6.45, 7) is 2.19. The maximum absolute atomic E-state index is 10.8. The van der Waals surface area contributed by atoms with Crippen LogP contribution in [-0.4, -0.2) is 54.1 Å². The van der Waals surface area contributed by atoms with Gasteiger partial charge in [0.15, 0.2) is 11.5 Å². The third kappa shape index (κ3) is 2.08. The molecule has 2 aromatic carbocycles. The maximum Gasteiger partial charge on any atom is 0.165 e. The van der Waals surface area contributed by atoms with Crippen LogP contribution in [0.5, 0.6) is 11.5 Å². The highest BCUT2D eigenvalue weighted by molar-refractivity contribution is 7.99. The Hall–Kier alpha value is -1.85. The van der Waals surface area contributed by atoms with Gasteiger partial charge < -0.3 is 19.6 Å². The average Bonchev–Trinajstić information content (AvgIpc) is 3.13. The molecule has 5 aliphatic rings. The van der Waals surface area contributed by atoms with Crippen molar-refractivity contribution in [3.05, 3.63) is 47.5 Å². The topological polar surface area (TPSA) is 35.9 Å². The van der Waals surface area contributed by atoms with Crippen LogP contribution in [0.2, 0.25) is 0 Å². The number of para-hydroxylation sites is 1. The fourth-order valence-corrected chi connectivity index (χ4v) is 8.58. The molecule has 0 amide bonds. The number of likely N-dealkylation sites (tertiary alicyclic amines) is 1. The van der Waals surface area contributed by atoms with Crippen LogP contribution in [0.1, 0.15) is 30.4 Å². The predicted molar refractivity (Wildman–Crippen MR) is 120 cm³/mol. The Morgan fingerprint density at radius 3 is 2.93 bits per heavy atom. The molecule has 7 rings (SSSR count). The molecular formula is C25H28N2O2S. The molecule has 30 heavy (non-hydrogen) atoms. The number of likely N-dealkylation sites (N-methyl/N-ethyl adjacent to an activating group) is 1. The number of anilines is 1. The van der Waals surface area contributed by atoms with Crippen molar-refractivity contribution in [3.8, 4) is 11.5 Å². The number of thioether (sulfide) groups is 1. The Kier molecular flexibility index (Phi) is 3.62. The number of hydrogen-bond acceptors (Lipinski definition) is 5. The van der Waals surface area contributed by atoms with Gasteiger partial charge in [0.05, 0.1) is 11.7 Å². The third-order valence-corrected chi connectivity index (χ3v) is 9.77. The number of piperidine rings is 1. The number of rotatable bonds is 1. The summed E-state index contributed by atoms with van der Waals surface area (Å²) in [5.41, 5.74) is 4.21. The number of phenolic OH excluding ortho intramolecular Hbond substituents is 1. The zero-order chi connectivity index (χ0) is 20.0. The van der Waals surface area contributed by atoms with E-state index in [1.165, 1.54) is 34.6 Å². The van der Waals surface area contributed by atoms with Gasteiger partial charge in [-0.15, -0.1) is 11.8 Å². The fraction of sp³-hybridized carbons (Fsp3) is 0.520. The molecule has 5 heteroatoms. The van der Waals surface area contributed by atoms with Crippen molar-refractivity contribution in [2.75, 3.05) is 30.8 Å². The number of fused-ring (bicyclic) bond motifs is 1. The first-order valence-electron chi connectivity index (χ1n) is 11.4. The molecule has 0 radical (unpaired) electrons. The van der Waals surface area contributed by atoms with Gasteiger partial charge in [0.25, 0.3) is 0 Å². The Bertz CT molecular complexity index is 1040. The van der Waals surface area contributed by atoms with Crippen LogP contribution < -0.4 is 9.64 Å². The summed E-state index contributed by atoms with van der Waals surface area (Å²) in [6.07, 6.45) is 4.78. The number of ether oxygens (including phenoxy) is 1. The molecular weight excluding hydrogens is 392 g/mol. The molecule has 4 nitrogen and oxygen atoms in total. The lowest BCUT2D eigenvalue weighted by molar-refractivity contribution is -0.0523. The monoisotopic (exact) mass is 420 g/mol. The largest absolute Gasteiger partial charge is 0.504 e. The highest BCUT2D eigenvalue weighted by Crippen LogP contribution is 2.64. The Morgan fingerprint density at radius 2 is 2.00 bits per heavy atom. The van der Waals surface area contributed by atoms with Crippen molar-refractivity contribution in [3.63, 3.8) is 0 Å². The quantitative estimate of drug-likeness (QED) is 0.753. The Balaban J connectivity index is 1.40. The van der Waals surface area contributed by atoms with E-state index in [9.17, 15) is 5.11 Å². The number of phenols is 1. The van der Waals surface area contributed by atoms with E-state index in [0.29, 0.717) is 23.8 Å². The Morgan fingerprint density at radius 1 is 1.10 bits per heavy atom. The van der Waals surface area contributed by atoms with Crippen LogP contribution in [-0.2, 0) is 11.8 Å². The van der Waals surface area contributed by atoms with E-state index in [2.05, 4.69) is 47.2 Å². The fourth-order valence-electron chi connectivity index (χ4n) is 7.56. The van der Waals surface area contributed by atoms with Gasteiger partial charge in [0, 0.05) is 34.2 Å². The van der Waals surface area contributed by atoms with Gasteiger partial charge in [0.2, 0.25) is 0 Å². The van der Waals surface area contributed by atoms with Crippen molar-refractivity contribution < 1.29 is 9.84 Å². The van der Waals surface area contributed by atoms with Gasteiger partial charge in [-0.3, -0.25) is 0 Å². The summed E-state index contributed by atoms with van der Waals surface area (Å²) in [5, 5.41) is 10.8. The summed E-state index contributed by atoms with van der Waals surface area (Å²) >= 11 is 1.97. The van der Waals surface area contributed by atoms with E-state index in [1.807, 2.05) is 17.8 Å². The third-order valence-electron chi connectivity index (χ3n) is 8.73. The van der Waals surface area contributed by atoms with E-state index >= 15 is 0 Å². The van der Waals surface area contributed by atoms with Crippen molar-refractivity contribution in [2.24, 2.45) is 5.92 Å². The van der Waals surface area contributed by atoms with Gasteiger partial charge in [-0.1, -0.05) is 18.2 Å². The van der Waals surface area contributed by atoms with Crippen LogP contribution in [0.3, 0.4) is 0 Å². The van der Waals surface area contributed by atoms with Crippen LogP contribution in [0, 0.1) is 5.92 Å². The van der Waals surface area contributed by atoms with E-state index in [1.54, 1.807) is 0 Å². The minimum absolute atomic E-state index is 0.0568. The molecule has 0 aromatic heterocycles.